The van der Waals surface area contributed by atoms with Crippen LogP contribution < -0.4 is 5.32 Å². The smallest absolute Gasteiger partial charge is 0.132 e. The van der Waals surface area contributed by atoms with Crippen molar-refractivity contribution in [3.8, 4) is 0 Å². The lowest BCUT2D eigenvalue weighted by Gasteiger charge is -2.14. The fraction of sp³-hybridized carbons (Fsp3) is 0.692. The molecular formula is C13H21N3OS. The number of aromatic nitrogens is 2. The van der Waals surface area contributed by atoms with E-state index in [2.05, 4.69) is 15.3 Å². The topological polar surface area (TPSA) is 54.9 Å². The summed E-state index contributed by atoms with van der Waals surface area (Å²) in [6.07, 6.45) is 9.20. The van der Waals surface area contributed by atoms with Crippen molar-refractivity contribution in [2.75, 3.05) is 18.1 Å². The Morgan fingerprint density at radius 1 is 1.33 bits per heavy atom. The molecule has 0 aliphatic heterocycles. The van der Waals surface area contributed by atoms with Gasteiger partial charge in [-0.2, -0.15) is 0 Å². The van der Waals surface area contributed by atoms with Crippen LogP contribution in [0.2, 0.25) is 0 Å². The Labute approximate surface area is 111 Å². The molecule has 1 heterocycles. The Morgan fingerprint density at radius 3 is 2.89 bits per heavy atom. The van der Waals surface area contributed by atoms with Gasteiger partial charge in [0.2, 0.25) is 0 Å². The highest BCUT2D eigenvalue weighted by Crippen LogP contribution is 2.23. The maximum absolute atomic E-state index is 11.3. The van der Waals surface area contributed by atoms with Crippen molar-refractivity contribution in [1.29, 1.82) is 0 Å². The van der Waals surface area contributed by atoms with Gasteiger partial charge in [0.15, 0.2) is 0 Å². The predicted molar refractivity (Wildman–Crippen MR) is 75.3 cm³/mol. The van der Waals surface area contributed by atoms with E-state index in [9.17, 15) is 4.21 Å². The summed E-state index contributed by atoms with van der Waals surface area (Å²) in [5.74, 6) is 0.944. The first-order valence-electron chi connectivity index (χ1n) is 6.57. The average molecular weight is 267 g/mol. The maximum Gasteiger partial charge on any atom is 0.132 e. The zero-order chi connectivity index (χ0) is 13.0. The number of nitrogens with zero attached hydrogens (tertiary/aromatic N) is 2. The van der Waals surface area contributed by atoms with Crippen LogP contribution in [0, 0.1) is 0 Å². The number of aryl methyl sites for hydroxylation is 1. The summed E-state index contributed by atoms with van der Waals surface area (Å²) < 4.78 is 11.3. The average Bonchev–Trinajstić information content (AvgIpc) is 2.61. The van der Waals surface area contributed by atoms with Crippen LogP contribution in [0.4, 0.5) is 5.82 Å². The molecule has 2 atom stereocenters. The third-order valence-electron chi connectivity index (χ3n) is 3.50. The molecule has 0 radical (unpaired) electrons. The van der Waals surface area contributed by atoms with E-state index < -0.39 is 10.8 Å². The molecule has 0 amide bonds. The summed E-state index contributed by atoms with van der Waals surface area (Å²) in [7, 11) is -0.795. The molecule has 1 aliphatic carbocycles. The van der Waals surface area contributed by atoms with E-state index in [4.69, 9.17) is 0 Å². The summed E-state index contributed by atoms with van der Waals surface area (Å²) in [6, 6.07) is 0. The van der Waals surface area contributed by atoms with E-state index in [1.807, 2.05) is 6.92 Å². The van der Waals surface area contributed by atoms with Crippen LogP contribution in [0.3, 0.4) is 0 Å². The zero-order valence-corrected chi connectivity index (χ0v) is 11.9. The second kappa shape index (κ2) is 6.27. The fourth-order valence-corrected chi connectivity index (χ4v) is 2.53. The van der Waals surface area contributed by atoms with Gasteiger partial charge in [0.1, 0.15) is 12.1 Å². The second-order valence-corrected chi connectivity index (χ2v) is 6.70. The van der Waals surface area contributed by atoms with Crippen LogP contribution in [0.25, 0.3) is 0 Å². The number of fused-ring (bicyclic) bond motifs is 1. The zero-order valence-electron chi connectivity index (χ0n) is 11.1. The van der Waals surface area contributed by atoms with Crippen LogP contribution in [0.15, 0.2) is 6.33 Å². The highest BCUT2D eigenvalue weighted by atomic mass is 32.2. The molecule has 0 aromatic carbocycles. The van der Waals surface area contributed by atoms with Gasteiger partial charge in [-0.15, -0.1) is 0 Å². The molecule has 0 saturated heterocycles. The third-order valence-corrected chi connectivity index (χ3v) is 4.80. The predicted octanol–water partition coefficient (Wildman–Crippen LogP) is 1.92. The van der Waals surface area contributed by atoms with Crippen molar-refractivity contribution < 1.29 is 4.21 Å². The molecule has 5 heteroatoms. The van der Waals surface area contributed by atoms with Gasteiger partial charge >= 0.3 is 0 Å². The van der Waals surface area contributed by atoms with Crippen molar-refractivity contribution in [2.24, 2.45) is 0 Å². The van der Waals surface area contributed by atoms with Crippen molar-refractivity contribution in [2.45, 2.75) is 44.3 Å². The second-order valence-electron chi connectivity index (χ2n) is 4.90. The fourth-order valence-electron chi connectivity index (χ4n) is 2.21. The standard InChI is InChI=1S/C13H21N3OS/c1-10(18(2)17)8-14-13-11-6-4-3-5-7-12(11)15-9-16-13/h9-10H,3-8H2,1-2H3,(H,14,15,16). The summed E-state index contributed by atoms with van der Waals surface area (Å²) in [6.45, 7) is 2.69. The monoisotopic (exact) mass is 267 g/mol. The minimum absolute atomic E-state index is 0.140. The van der Waals surface area contributed by atoms with Crippen molar-refractivity contribution >= 4 is 16.6 Å². The Kier molecular flexibility index (Phi) is 4.69. The van der Waals surface area contributed by atoms with E-state index >= 15 is 0 Å². The number of nitrogens with one attached hydrogen (secondary N) is 1. The van der Waals surface area contributed by atoms with Crippen LogP contribution >= 0.6 is 0 Å². The lowest BCUT2D eigenvalue weighted by molar-refractivity contribution is 0.678. The van der Waals surface area contributed by atoms with Crippen LogP contribution in [0.5, 0.6) is 0 Å². The molecule has 1 aromatic rings. The molecule has 4 nitrogen and oxygen atoms in total. The number of anilines is 1. The SMILES string of the molecule is CC(CNc1ncnc2c1CCCCC2)S(C)=O. The first-order valence-corrected chi connectivity index (χ1v) is 8.19. The Hall–Kier alpha value is -0.970. The Bertz CT molecular complexity index is 436. The van der Waals surface area contributed by atoms with Gasteiger partial charge in [-0.1, -0.05) is 6.42 Å². The van der Waals surface area contributed by atoms with Gasteiger partial charge in [-0.05, 0) is 32.6 Å². The summed E-state index contributed by atoms with van der Waals surface area (Å²) in [5.41, 5.74) is 2.46. The minimum Gasteiger partial charge on any atom is -0.369 e. The van der Waals surface area contributed by atoms with E-state index in [1.165, 1.54) is 30.5 Å². The largest absolute Gasteiger partial charge is 0.369 e. The quantitative estimate of drug-likeness (QED) is 0.847. The molecule has 0 saturated carbocycles. The van der Waals surface area contributed by atoms with Crippen LogP contribution in [0.1, 0.15) is 37.4 Å². The third kappa shape index (κ3) is 3.28. The number of hydrogen-bond donors (Lipinski definition) is 1. The number of hydrogen-bond acceptors (Lipinski definition) is 4. The Balaban J connectivity index is 2.11. The van der Waals surface area contributed by atoms with Gasteiger partial charge in [-0.25, -0.2) is 9.97 Å². The minimum atomic E-state index is -0.795. The first kappa shape index (κ1) is 13.5. The van der Waals surface area contributed by atoms with E-state index in [1.54, 1.807) is 12.6 Å². The summed E-state index contributed by atoms with van der Waals surface area (Å²) in [5, 5.41) is 3.48. The Morgan fingerprint density at radius 2 is 2.11 bits per heavy atom. The molecule has 2 rings (SSSR count). The molecule has 100 valence electrons. The van der Waals surface area contributed by atoms with Gasteiger partial charge in [-0.3, -0.25) is 4.21 Å². The maximum atomic E-state index is 11.3. The summed E-state index contributed by atoms with van der Waals surface area (Å²) in [4.78, 5) is 8.73. The molecule has 2 unspecified atom stereocenters. The van der Waals surface area contributed by atoms with Gasteiger partial charge in [0, 0.05) is 40.1 Å². The van der Waals surface area contributed by atoms with Crippen LogP contribution in [-0.2, 0) is 23.6 Å². The number of rotatable bonds is 4. The summed E-state index contributed by atoms with van der Waals surface area (Å²) >= 11 is 0. The van der Waals surface area contributed by atoms with Crippen molar-refractivity contribution in [3.05, 3.63) is 17.6 Å². The lowest BCUT2D eigenvalue weighted by atomic mass is 10.1. The molecule has 0 spiro atoms. The van der Waals surface area contributed by atoms with E-state index in [-0.39, 0.29) is 5.25 Å². The molecule has 0 bridgehead atoms. The molecule has 0 fully saturated rings. The molecular weight excluding hydrogens is 246 g/mol. The molecule has 18 heavy (non-hydrogen) atoms. The van der Waals surface area contributed by atoms with Gasteiger partial charge in [0.25, 0.3) is 0 Å². The van der Waals surface area contributed by atoms with E-state index in [0.717, 1.165) is 18.7 Å². The van der Waals surface area contributed by atoms with Gasteiger partial charge < -0.3 is 5.32 Å². The van der Waals surface area contributed by atoms with Crippen molar-refractivity contribution in [1.82, 2.24) is 9.97 Å². The molecule has 1 N–H and O–H groups in total. The van der Waals surface area contributed by atoms with Crippen molar-refractivity contribution in [3.63, 3.8) is 0 Å². The molecule has 1 aliphatic rings. The van der Waals surface area contributed by atoms with Gasteiger partial charge in [0.05, 0.1) is 0 Å². The first-order chi connectivity index (χ1) is 8.68. The normalized spacial score (nSPS) is 18.6. The van der Waals surface area contributed by atoms with E-state index in [0.29, 0.717) is 6.54 Å². The highest BCUT2D eigenvalue weighted by Gasteiger charge is 2.15. The van der Waals surface area contributed by atoms with Crippen LogP contribution in [-0.4, -0.2) is 32.2 Å². The highest BCUT2D eigenvalue weighted by molar-refractivity contribution is 7.84. The molecule has 1 aromatic heterocycles. The lowest BCUT2D eigenvalue weighted by Crippen LogP contribution is -2.22.